The van der Waals surface area contributed by atoms with Crippen molar-refractivity contribution < 1.29 is 9.47 Å². The molecule has 5 nitrogen and oxygen atoms in total. The van der Waals surface area contributed by atoms with E-state index in [9.17, 15) is 0 Å². The molecule has 5 heteroatoms. The summed E-state index contributed by atoms with van der Waals surface area (Å²) in [6.45, 7) is 0.826. The number of hydrogen-bond donors (Lipinski definition) is 0. The van der Waals surface area contributed by atoms with Crippen LogP contribution in [0.2, 0.25) is 0 Å². The van der Waals surface area contributed by atoms with E-state index in [1.165, 1.54) is 0 Å². The smallest absolute Gasteiger partial charge is 0.166 e. The highest BCUT2D eigenvalue weighted by atomic mass is 16.5. The average molecular weight is 255 g/mol. The van der Waals surface area contributed by atoms with Crippen LogP contribution in [-0.2, 0) is 13.0 Å². The van der Waals surface area contributed by atoms with Gasteiger partial charge in [0.05, 0.1) is 26.2 Å². The third-order valence-corrected chi connectivity index (χ3v) is 3.43. The van der Waals surface area contributed by atoms with Crippen molar-refractivity contribution in [2.75, 3.05) is 14.2 Å². The van der Waals surface area contributed by atoms with Gasteiger partial charge in [0.2, 0.25) is 0 Å². The molecular weight excluding hydrogens is 242 g/mol. The second-order valence-electron chi connectivity index (χ2n) is 4.36. The molecule has 2 aromatic rings. The molecule has 0 atom stereocenters. The molecule has 0 radical (unpaired) electrons. The second-order valence-corrected chi connectivity index (χ2v) is 4.36. The number of rotatable bonds is 2. The zero-order valence-electron chi connectivity index (χ0n) is 10.8. The number of imidazole rings is 1. The Morgan fingerprint density at radius 3 is 2.68 bits per heavy atom. The summed E-state index contributed by atoms with van der Waals surface area (Å²) in [6, 6.07) is 6.03. The van der Waals surface area contributed by atoms with Crippen molar-refractivity contribution in [3.8, 4) is 28.8 Å². The van der Waals surface area contributed by atoms with Gasteiger partial charge in [-0.2, -0.15) is 5.26 Å². The molecule has 96 valence electrons. The van der Waals surface area contributed by atoms with E-state index in [2.05, 4.69) is 11.1 Å². The van der Waals surface area contributed by atoms with E-state index in [1.807, 2.05) is 16.7 Å². The van der Waals surface area contributed by atoms with Crippen molar-refractivity contribution in [3.05, 3.63) is 29.7 Å². The molecule has 19 heavy (non-hydrogen) atoms. The van der Waals surface area contributed by atoms with Crippen LogP contribution in [0, 0.1) is 11.3 Å². The molecular formula is C14H13N3O2. The summed E-state index contributed by atoms with van der Waals surface area (Å²) < 4.78 is 12.7. The summed E-state index contributed by atoms with van der Waals surface area (Å²) in [7, 11) is 3.23. The molecule has 3 rings (SSSR count). The topological polar surface area (TPSA) is 60.1 Å². The van der Waals surface area contributed by atoms with Gasteiger partial charge >= 0.3 is 0 Å². The summed E-state index contributed by atoms with van der Waals surface area (Å²) in [5.41, 5.74) is 3.47. The summed E-state index contributed by atoms with van der Waals surface area (Å²) >= 11 is 0. The maximum absolute atomic E-state index is 9.15. The van der Waals surface area contributed by atoms with Crippen LogP contribution in [0.25, 0.3) is 11.3 Å². The van der Waals surface area contributed by atoms with Gasteiger partial charge < -0.3 is 14.0 Å². The Balaban J connectivity index is 2.26. The number of aryl methyl sites for hydroxylation is 2. The lowest BCUT2D eigenvalue weighted by molar-refractivity contribution is 0.354. The summed E-state index contributed by atoms with van der Waals surface area (Å²) in [4.78, 5) is 4.14. The third-order valence-electron chi connectivity index (χ3n) is 3.43. The van der Waals surface area contributed by atoms with Crippen LogP contribution in [0.1, 0.15) is 11.3 Å². The zero-order chi connectivity index (χ0) is 13.4. The summed E-state index contributed by atoms with van der Waals surface area (Å²) in [5, 5.41) is 9.15. The van der Waals surface area contributed by atoms with E-state index in [0.29, 0.717) is 17.2 Å². The number of benzene rings is 1. The molecule has 0 saturated carbocycles. The quantitative estimate of drug-likeness (QED) is 0.823. The highest BCUT2D eigenvalue weighted by molar-refractivity contribution is 5.73. The van der Waals surface area contributed by atoms with Gasteiger partial charge in [0, 0.05) is 12.1 Å². The third kappa shape index (κ3) is 1.65. The van der Waals surface area contributed by atoms with Crippen molar-refractivity contribution in [1.29, 1.82) is 5.26 Å². The average Bonchev–Trinajstić information content (AvgIpc) is 2.89. The molecule has 0 saturated heterocycles. The SMILES string of the molecule is COc1cc2c(cc1OC)-c1c(C#N)ncn1CC2. The first-order chi connectivity index (χ1) is 9.28. The van der Waals surface area contributed by atoms with E-state index >= 15 is 0 Å². The Labute approximate surface area is 111 Å². The van der Waals surface area contributed by atoms with Crippen molar-refractivity contribution in [1.82, 2.24) is 9.55 Å². The molecule has 0 N–H and O–H groups in total. The van der Waals surface area contributed by atoms with Gasteiger partial charge in [-0.1, -0.05) is 0 Å². The number of methoxy groups -OCH3 is 2. The zero-order valence-corrected chi connectivity index (χ0v) is 10.8. The minimum absolute atomic E-state index is 0.452. The first-order valence-electron chi connectivity index (χ1n) is 5.99. The van der Waals surface area contributed by atoms with Crippen molar-refractivity contribution >= 4 is 0 Å². The largest absolute Gasteiger partial charge is 0.493 e. The second kappa shape index (κ2) is 4.32. The number of ether oxygens (including phenoxy) is 2. The molecule has 1 aromatic heterocycles. The number of fused-ring (bicyclic) bond motifs is 3. The number of nitriles is 1. The fraction of sp³-hybridized carbons (Fsp3) is 0.286. The monoisotopic (exact) mass is 255 g/mol. The highest BCUT2D eigenvalue weighted by Crippen LogP contribution is 2.39. The Hall–Kier alpha value is -2.48. The number of hydrogen-bond acceptors (Lipinski definition) is 4. The molecule has 1 aromatic carbocycles. The van der Waals surface area contributed by atoms with E-state index in [4.69, 9.17) is 14.7 Å². The van der Waals surface area contributed by atoms with Gasteiger partial charge in [0.25, 0.3) is 0 Å². The Bertz CT molecular complexity index is 683. The van der Waals surface area contributed by atoms with Gasteiger partial charge in [0.15, 0.2) is 17.2 Å². The lowest BCUT2D eigenvalue weighted by Gasteiger charge is -2.21. The van der Waals surface area contributed by atoms with Gasteiger partial charge in [-0.05, 0) is 24.1 Å². The lowest BCUT2D eigenvalue weighted by atomic mass is 9.96. The van der Waals surface area contributed by atoms with Gasteiger partial charge in [0.1, 0.15) is 6.07 Å². The predicted molar refractivity (Wildman–Crippen MR) is 69.2 cm³/mol. The summed E-state index contributed by atoms with van der Waals surface area (Å²) in [6.07, 6.45) is 2.61. The Morgan fingerprint density at radius 1 is 1.26 bits per heavy atom. The van der Waals surface area contributed by atoms with Crippen LogP contribution >= 0.6 is 0 Å². The molecule has 0 spiro atoms. The molecule has 1 aliphatic rings. The Kier molecular flexibility index (Phi) is 2.64. The summed E-state index contributed by atoms with van der Waals surface area (Å²) in [5.74, 6) is 1.38. The molecule has 0 bridgehead atoms. The van der Waals surface area contributed by atoms with Crippen LogP contribution < -0.4 is 9.47 Å². The molecule has 0 amide bonds. The molecule has 0 fully saturated rings. The van der Waals surface area contributed by atoms with Crippen molar-refractivity contribution in [2.45, 2.75) is 13.0 Å². The minimum atomic E-state index is 0.452. The van der Waals surface area contributed by atoms with Crippen LogP contribution in [0.3, 0.4) is 0 Å². The van der Waals surface area contributed by atoms with E-state index < -0.39 is 0 Å². The minimum Gasteiger partial charge on any atom is -0.493 e. The first-order valence-corrected chi connectivity index (χ1v) is 5.99. The maximum Gasteiger partial charge on any atom is 0.166 e. The van der Waals surface area contributed by atoms with Crippen LogP contribution in [-0.4, -0.2) is 23.8 Å². The van der Waals surface area contributed by atoms with Gasteiger partial charge in [-0.25, -0.2) is 4.98 Å². The van der Waals surface area contributed by atoms with E-state index in [1.54, 1.807) is 20.5 Å². The van der Waals surface area contributed by atoms with Gasteiger partial charge in [-0.15, -0.1) is 0 Å². The van der Waals surface area contributed by atoms with Gasteiger partial charge in [-0.3, -0.25) is 0 Å². The van der Waals surface area contributed by atoms with Crippen LogP contribution in [0.5, 0.6) is 11.5 Å². The van der Waals surface area contributed by atoms with Crippen molar-refractivity contribution in [2.24, 2.45) is 0 Å². The molecule has 2 heterocycles. The van der Waals surface area contributed by atoms with Crippen LogP contribution in [0.15, 0.2) is 18.5 Å². The lowest BCUT2D eigenvalue weighted by Crippen LogP contribution is -2.11. The maximum atomic E-state index is 9.15. The normalized spacial score (nSPS) is 12.3. The number of aromatic nitrogens is 2. The number of nitrogens with zero attached hydrogens (tertiary/aromatic N) is 3. The molecule has 0 aliphatic carbocycles. The predicted octanol–water partition coefficient (Wildman–Crippen LogP) is 2.00. The van der Waals surface area contributed by atoms with Crippen molar-refractivity contribution in [3.63, 3.8) is 0 Å². The fourth-order valence-corrected chi connectivity index (χ4v) is 2.51. The standard InChI is InChI=1S/C14H13N3O2/c1-18-12-5-9-3-4-17-8-16-11(7-15)14(17)10(9)6-13(12)19-2/h5-6,8H,3-4H2,1-2H3. The van der Waals surface area contributed by atoms with Crippen LogP contribution in [0.4, 0.5) is 0 Å². The highest BCUT2D eigenvalue weighted by Gasteiger charge is 2.23. The molecule has 1 aliphatic heterocycles. The first kappa shape index (κ1) is 11.6. The van der Waals surface area contributed by atoms with E-state index in [-0.39, 0.29) is 0 Å². The Morgan fingerprint density at radius 2 is 2.00 bits per heavy atom. The fourth-order valence-electron chi connectivity index (χ4n) is 2.51. The molecule has 0 unspecified atom stereocenters. The van der Waals surface area contributed by atoms with E-state index in [0.717, 1.165) is 29.8 Å².